The number of benzene rings is 3. The average Bonchev–Trinajstić information content (AvgIpc) is 3.00. The van der Waals surface area contributed by atoms with Crippen molar-refractivity contribution in [3.05, 3.63) is 78.9 Å². The van der Waals surface area contributed by atoms with E-state index >= 15 is 0 Å². The summed E-state index contributed by atoms with van der Waals surface area (Å²) in [4.78, 5) is 46.0. The van der Waals surface area contributed by atoms with Crippen molar-refractivity contribution in [2.24, 2.45) is 5.92 Å². The van der Waals surface area contributed by atoms with E-state index < -0.39 is 17.7 Å². The summed E-state index contributed by atoms with van der Waals surface area (Å²) >= 11 is 7.26. The third kappa shape index (κ3) is 5.49. The summed E-state index contributed by atoms with van der Waals surface area (Å²) in [7, 11) is 0. The Kier molecular flexibility index (Phi) is 8.10. The molecule has 6 rings (SSSR count). The third-order valence-electron chi connectivity index (χ3n) is 7.03. The molecule has 3 aromatic carbocycles. The van der Waals surface area contributed by atoms with Gasteiger partial charge in [-0.15, -0.1) is 0 Å². The van der Waals surface area contributed by atoms with E-state index in [2.05, 4.69) is 10.9 Å². The summed E-state index contributed by atoms with van der Waals surface area (Å²) in [6.07, 6.45) is 0. The predicted octanol–water partition coefficient (Wildman–Crippen LogP) is 2.93. The van der Waals surface area contributed by atoms with Gasteiger partial charge >= 0.3 is 0 Å². The molecule has 210 valence electrons. The molecule has 1 atom stereocenters. The van der Waals surface area contributed by atoms with Gasteiger partial charge in [0.1, 0.15) is 5.92 Å². The Morgan fingerprint density at radius 3 is 2.12 bits per heavy atom. The van der Waals surface area contributed by atoms with Gasteiger partial charge in [-0.1, -0.05) is 54.2 Å². The number of hydrazine groups is 2. The summed E-state index contributed by atoms with van der Waals surface area (Å²) in [5.41, 5.74) is 8.24. The van der Waals surface area contributed by atoms with E-state index in [1.165, 1.54) is 4.90 Å². The molecule has 0 saturated carbocycles. The van der Waals surface area contributed by atoms with Crippen molar-refractivity contribution in [1.29, 1.82) is 0 Å². The van der Waals surface area contributed by atoms with Crippen LogP contribution in [0.5, 0.6) is 0 Å². The van der Waals surface area contributed by atoms with Crippen molar-refractivity contribution in [1.82, 2.24) is 20.9 Å². The van der Waals surface area contributed by atoms with E-state index in [9.17, 15) is 14.4 Å². The number of nitrogens with one attached hydrogen (secondary N) is 2. The van der Waals surface area contributed by atoms with Gasteiger partial charge in [-0.2, -0.15) is 0 Å². The lowest BCUT2D eigenvalue weighted by molar-refractivity contribution is -0.142. The number of morpholine rings is 1. The number of para-hydroxylation sites is 3. The van der Waals surface area contributed by atoms with E-state index in [1.807, 2.05) is 59.6 Å². The molecule has 3 amide bonds. The second-order valence-electron chi connectivity index (χ2n) is 9.58. The second-order valence-corrected chi connectivity index (χ2v) is 11.0. The van der Waals surface area contributed by atoms with E-state index in [-0.39, 0.29) is 24.1 Å². The minimum absolute atomic E-state index is 0.0309. The van der Waals surface area contributed by atoms with Crippen LogP contribution >= 0.6 is 24.0 Å². The lowest BCUT2D eigenvalue weighted by Crippen LogP contribution is -2.66. The molecule has 2 N–H and O–H groups in total. The Morgan fingerprint density at radius 1 is 0.854 bits per heavy atom. The number of hydrogen-bond donors (Lipinski definition) is 2. The second kappa shape index (κ2) is 12.1. The summed E-state index contributed by atoms with van der Waals surface area (Å²) in [5, 5.41) is 3.06. The molecule has 3 aromatic rings. The molecule has 41 heavy (non-hydrogen) atoms. The summed E-state index contributed by atoms with van der Waals surface area (Å²) in [6, 6.07) is 24.4. The maximum absolute atomic E-state index is 13.8. The first-order valence-electron chi connectivity index (χ1n) is 13.3. The van der Waals surface area contributed by atoms with Crippen molar-refractivity contribution in [3.8, 4) is 0 Å². The van der Waals surface area contributed by atoms with Gasteiger partial charge in [0.15, 0.2) is 0 Å². The van der Waals surface area contributed by atoms with E-state index in [4.69, 9.17) is 17.0 Å². The fraction of sp³-hybridized carbons (Fsp3) is 0.241. The molecule has 1 unspecified atom stereocenters. The number of ether oxygens (including phenoxy) is 1. The fourth-order valence-electron chi connectivity index (χ4n) is 4.98. The molecular weight excluding hydrogens is 560 g/mol. The molecule has 2 saturated heterocycles. The number of amides is 3. The molecule has 3 aliphatic rings. The van der Waals surface area contributed by atoms with Gasteiger partial charge in [-0.05, 0) is 48.6 Å². The molecule has 3 aliphatic heterocycles. The summed E-state index contributed by atoms with van der Waals surface area (Å²) in [6.45, 7) is 2.28. The number of anilines is 3. The molecule has 0 radical (unpaired) electrons. The van der Waals surface area contributed by atoms with Crippen LogP contribution in [0.25, 0.3) is 0 Å². The quantitative estimate of drug-likeness (QED) is 0.319. The van der Waals surface area contributed by atoms with Gasteiger partial charge in [-0.25, -0.2) is 15.4 Å². The van der Waals surface area contributed by atoms with Gasteiger partial charge in [0, 0.05) is 29.4 Å². The first-order valence-corrected chi connectivity index (χ1v) is 14.5. The van der Waals surface area contributed by atoms with E-state index in [0.717, 1.165) is 26.2 Å². The molecule has 0 aromatic heterocycles. The first-order chi connectivity index (χ1) is 20.0. The zero-order valence-electron chi connectivity index (χ0n) is 22.1. The largest absolute Gasteiger partial charge is 0.379 e. The zero-order chi connectivity index (χ0) is 28.3. The highest BCUT2D eigenvalue weighted by atomic mass is 32.2. The number of nitrogens with zero attached hydrogens (tertiary/aromatic N) is 4. The normalized spacial score (nSPS) is 19.3. The highest BCUT2D eigenvalue weighted by Crippen LogP contribution is 2.47. The van der Waals surface area contributed by atoms with Gasteiger partial charge < -0.3 is 4.74 Å². The Hall–Kier alpha value is -3.65. The van der Waals surface area contributed by atoms with E-state index in [1.54, 1.807) is 40.9 Å². The standard InChI is InChI=1S/C29H28N6O4S2/c36-26(34-22-10-4-6-12-24(22)41-25-13-7-5-11-23(25)34)19-31-35-28(38)21(18-30-32-14-16-39-17-15-32)27(37)33(29(35)40)20-8-2-1-3-9-20/h1-13,21,30-31H,14-19H2. The van der Waals surface area contributed by atoms with Gasteiger partial charge in [0.25, 0.3) is 5.91 Å². The van der Waals surface area contributed by atoms with E-state index in [0.29, 0.717) is 32.0 Å². The predicted molar refractivity (Wildman–Crippen MR) is 159 cm³/mol. The van der Waals surface area contributed by atoms with Crippen LogP contribution in [0.4, 0.5) is 17.1 Å². The van der Waals surface area contributed by atoms with Crippen LogP contribution in [0.15, 0.2) is 88.7 Å². The topological polar surface area (TPSA) is 97.5 Å². The van der Waals surface area contributed by atoms with Crippen LogP contribution in [0, 0.1) is 5.92 Å². The minimum Gasteiger partial charge on any atom is -0.379 e. The maximum atomic E-state index is 13.8. The van der Waals surface area contributed by atoms with Crippen LogP contribution in [0.1, 0.15) is 0 Å². The van der Waals surface area contributed by atoms with Crippen molar-refractivity contribution >= 4 is 63.9 Å². The van der Waals surface area contributed by atoms with Crippen molar-refractivity contribution < 1.29 is 19.1 Å². The Morgan fingerprint density at radius 2 is 1.46 bits per heavy atom. The fourth-order valence-corrected chi connectivity index (χ4v) is 6.39. The number of carbonyl (C=O) groups excluding carboxylic acids is 3. The van der Waals surface area contributed by atoms with Crippen LogP contribution < -0.4 is 20.7 Å². The lowest BCUT2D eigenvalue weighted by atomic mass is 10.0. The first kappa shape index (κ1) is 27.5. The lowest BCUT2D eigenvalue weighted by Gasteiger charge is -2.40. The average molecular weight is 589 g/mol. The summed E-state index contributed by atoms with van der Waals surface area (Å²) in [5.74, 6) is -2.27. The number of carbonyl (C=O) groups is 3. The zero-order valence-corrected chi connectivity index (χ0v) is 23.7. The molecule has 0 aliphatic carbocycles. The highest BCUT2D eigenvalue weighted by molar-refractivity contribution is 7.99. The molecular formula is C29H28N6O4S2. The van der Waals surface area contributed by atoms with Gasteiger partial charge in [0.2, 0.25) is 16.9 Å². The van der Waals surface area contributed by atoms with Crippen LogP contribution in [0.3, 0.4) is 0 Å². The van der Waals surface area contributed by atoms with Crippen molar-refractivity contribution in [2.45, 2.75) is 9.79 Å². The molecule has 0 bridgehead atoms. The van der Waals surface area contributed by atoms with Crippen molar-refractivity contribution in [3.63, 3.8) is 0 Å². The molecule has 10 nitrogen and oxygen atoms in total. The van der Waals surface area contributed by atoms with Gasteiger partial charge in [0.05, 0.1) is 36.8 Å². The Bertz CT molecular complexity index is 1440. The number of fused-ring (bicyclic) bond motifs is 2. The maximum Gasteiger partial charge on any atom is 0.257 e. The van der Waals surface area contributed by atoms with Crippen LogP contribution in [-0.2, 0) is 19.1 Å². The van der Waals surface area contributed by atoms with Crippen molar-refractivity contribution in [2.75, 3.05) is 49.2 Å². The molecule has 2 fully saturated rings. The smallest absolute Gasteiger partial charge is 0.257 e. The Labute approximate surface area is 247 Å². The minimum atomic E-state index is -1.06. The SMILES string of the molecule is O=C1C(CNN2CCOCC2)C(=O)N(c2ccccc2)C(=S)N1NCC(=O)N1c2ccccc2Sc2ccccc21. The monoisotopic (exact) mass is 588 g/mol. The number of thiocarbonyl (C=S) groups is 1. The summed E-state index contributed by atoms with van der Waals surface area (Å²) < 4.78 is 5.39. The Balaban J connectivity index is 1.25. The number of hydrogen-bond acceptors (Lipinski definition) is 9. The molecule has 3 heterocycles. The third-order valence-corrected chi connectivity index (χ3v) is 8.53. The van der Waals surface area contributed by atoms with Crippen LogP contribution in [0.2, 0.25) is 0 Å². The van der Waals surface area contributed by atoms with Gasteiger partial charge in [-0.3, -0.25) is 29.6 Å². The highest BCUT2D eigenvalue weighted by Gasteiger charge is 2.45. The molecule has 12 heteroatoms. The molecule has 0 spiro atoms. The number of rotatable bonds is 7. The van der Waals surface area contributed by atoms with Crippen LogP contribution in [-0.4, -0.2) is 72.2 Å².